The molecule has 1 aliphatic rings. The van der Waals surface area contributed by atoms with E-state index in [1.165, 1.54) is 0 Å². The van der Waals surface area contributed by atoms with Gasteiger partial charge in [0.25, 0.3) is 5.89 Å². The smallest absolute Gasteiger partial charge is 0.322 e. The number of rotatable bonds is 6. The van der Waals surface area contributed by atoms with Gasteiger partial charge in [-0.3, -0.25) is 4.90 Å². The molecule has 0 fully saturated rings. The molecule has 2 amide bonds. The van der Waals surface area contributed by atoms with E-state index < -0.39 is 6.04 Å². The van der Waals surface area contributed by atoms with E-state index in [4.69, 9.17) is 20.9 Å². The molecule has 1 aromatic heterocycles. The fourth-order valence-electron chi connectivity index (χ4n) is 3.48. The lowest BCUT2D eigenvalue weighted by atomic mass is 9.95. The highest BCUT2D eigenvalue weighted by atomic mass is 35.5. The Labute approximate surface area is 179 Å². The fraction of sp³-hybridized carbons (Fsp3) is 0.227. The predicted molar refractivity (Wildman–Crippen MR) is 114 cm³/mol. The van der Waals surface area contributed by atoms with Gasteiger partial charge in [-0.2, -0.15) is 4.98 Å². The summed E-state index contributed by atoms with van der Waals surface area (Å²) in [5.74, 6) is 0.777. The van der Waals surface area contributed by atoms with Crippen molar-refractivity contribution in [3.63, 3.8) is 0 Å². The number of hydrogen-bond acceptors (Lipinski definition) is 5. The average molecular weight is 425 g/mol. The average Bonchev–Trinajstić information content (AvgIpc) is 3.23. The summed E-state index contributed by atoms with van der Waals surface area (Å²) in [6.45, 7) is 2.70. The Balaban J connectivity index is 1.79. The highest BCUT2D eigenvalue weighted by Crippen LogP contribution is 2.37. The molecular formula is C22H21ClN4O3. The second kappa shape index (κ2) is 8.69. The van der Waals surface area contributed by atoms with E-state index in [1.807, 2.05) is 49.4 Å². The molecule has 1 unspecified atom stereocenters. The van der Waals surface area contributed by atoms with Crippen molar-refractivity contribution in [2.45, 2.75) is 13.0 Å². The highest BCUT2D eigenvalue weighted by molar-refractivity contribution is 6.30. The predicted octanol–water partition coefficient (Wildman–Crippen LogP) is 4.53. The van der Waals surface area contributed by atoms with Crippen LogP contribution in [0.3, 0.4) is 0 Å². The monoisotopic (exact) mass is 424 g/mol. The van der Waals surface area contributed by atoms with E-state index in [0.717, 1.165) is 22.4 Å². The van der Waals surface area contributed by atoms with Gasteiger partial charge in [-0.1, -0.05) is 59.2 Å². The van der Waals surface area contributed by atoms with Crippen LogP contribution in [0.1, 0.15) is 24.4 Å². The number of methoxy groups -OCH3 is 1. The molecule has 0 saturated carbocycles. The van der Waals surface area contributed by atoms with Crippen molar-refractivity contribution < 1.29 is 14.1 Å². The maximum Gasteiger partial charge on any atom is 0.322 e. The minimum Gasteiger partial charge on any atom is -0.383 e. The van der Waals surface area contributed by atoms with Crippen LogP contribution in [0.2, 0.25) is 5.02 Å². The number of aromatic nitrogens is 2. The lowest BCUT2D eigenvalue weighted by Gasteiger charge is -2.35. The summed E-state index contributed by atoms with van der Waals surface area (Å²) in [4.78, 5) is 19.0. The van der Waals surface area contributed by atoms with Crippen LogP contribution < -0.4 is 5.32 Å². The molecule has 1 aliphatic heterocycles. The summed E-state index contributed by atoms with van der Waals surface area (Å²) >= 11 is 6.10. The van der Waals surface area contributed by atoms with Gasteiger partial charge in [-0.15, -0.1) is 0 Å². The first-order chi connectivity index (χ1) is 14.6. The summed E-state index contributed by atoms with van der Waals surface area (Å²) in [5, 5.41) is 7.78. The third kappa shape index (κ3) is 3.94. The van der Waals surface area contributed by atoms with Gasteiger partial charge in [0.05, 0.1) is 24.8 Å². The van der Waals surface area contributed by atoms with Crippen molar-refractivity contribution in [1.29, 1.82) is 0 Å². The molecule has 0 aliphatic carbocycles. The SMILES string of the molecule is COCCN1C(=O)NC(c2ccccc2)C(c2nc(-c3cccc(Cl)c3)no2)=C1C. The van der Waals surface area contributed by atoms with Gasteiger partial charge in [-0.05, 0) is 24.6 Å². The third-order valence-electron chi connectivity index (χ3n) is 4.99. The zero-order valence-corrected chi connectivity index (χ0v) is 17.4. The Bertz CT molecular complexity index is 1080. The number of ether oxygens (including phenoxy) is 1. The Kier molecular flexibility index (Phi) is 5.83. The zero-order valence-electron chi connectivity index (χ0n) is 16.6. The first kappa shape index (κ1) is 20.1. The minimum atomic E-state index is -0.412. The largest absolute Gasteiger partial charge is 0.383 e. The Morgan fingerprint density at radius 1 is 1.20 bits per heavy atom. The van der Waals surface area contributed by atoms with Gasteiger partial charge >= 0.3 is 6.03 Å². The number of benzene rings is 2. The number of hydrogen-bond donors (Lipinski definition) is 1. The molecule has 1 N–H and O–H groups in total. The molecule has 8 heteroatoms. The third-order valence-corrected chi connectivity index (χ3v) is 5.22. The molecule has 2 heterocycles. The second-order valence-corrected chi connectivity index (χ2v) is 7.31. The van der Waals surface area contributed by atoms with E-state index >= 15 is 0 Å². The van der Waals surface area contributed by atoms with Gasteiger partial charge in [-0.25, -0.2) is 4.79 Å². The second-order valence-electron chi connectivity index (χ2n) is 6.87. The quantitative estimate of drug-likeness (QED) is 0.628. The number of amides is 2. The van der Waals surface area contributed by atoms with E-state index in [-0.39, 0.29) is 6.03 Å². The number of carbonyl (C=O) groups excluding carboxylic acids is 1. The Morgan fingerprint density at radius 3 is 2.73 bits per heavy atom. The summed E-state index contributed by atoms with van der Waals surface area (Å²) in [5.41, 5.74) is 3.17. The molecule has 0 spiro atoms. The van der Waals surface area contributed by atoms with Crippen LogP contribution in [0.5, 0.6) is 0 Å². The van der Waals surface area contributed by atoms with Crippen LogP contribution in [-0.4, -0.2) is 41.3 Å². The van der Waals surface area contributed by atoms with Crippen LogP contribution >= 0.6 is 11.6 Å². The van der Waals surface area contributed by atoms with Gasteiger partial charge in [0, 0.05) is 23.4 Å². The van der Waals surface area contributed by atoms with E-state index in [9.17, 15) is 4.79 Å². The molecule has 3 aromatic rings. The van der Waals surface area contributed by atoms with Crippen molar-refractivity contribution in [2.24, 2.45) is 0 Å². The molecule has 4 rings (SSSR count). The maximum atomic E-state index is 12.8. The van der Waals surface area contributed by atoms with Crippen LogP contribution in [0.25, 0.3) is 17.0 Å². The van der Waals surface area contributed by atoms with Gasteiger partial charge in [0.2, 0.25) is 5.82 Å². The lowest BCUT2D eigenvalue weighted by Crippen LogP contribution is -2.47. The minimum absolute atomic E-state index is 0.197. The summed E-state index contributed by atoms with van der Waals surface area (Å²) in [7, 11) is 1.60. The van der Waals surface area contributed by atoms with E-state index in [0.29, 0.717) is 29.9 Å². The molecular weight excluding hydrogens is 404 g/mol. The van der Waals surface area contributed by atoms with E-state index in [1.54, 1.807) is 24.1 Å². The van der Waals surface area contributed by atoms with Crippen LogP contribution in [0.4, 0.5) is 4.79 Å². The number of halogens is 1. The number of nitrogens with one attached hydrogen (secondary N) is 1. The summed E-state index contributed by atoms with van der Waals surface area (Å²) in [6, 6.07) is 16.3. The summed E-state index contributed by atoms with van der Waals surface area (Å²) in [6.07, 6.45) is 0. The fourth-order valence-corrected chi connectivity index (χ4v) is 3.67. The molecule has 30 heavy (non-hydrogen) atoms. The standard InChI is InChI=1S/C22H21ClN4O3/c1-14-18(21-25-20(26-30-21)16-9-6-10-17(23)13-16)19(15-7-4-3-5-8-15)24-22(28)27(14)11-12-29-2/h3-10,13,19H,11-12H2,1-2H3,(H,24,28). The Hall–Kier alpha value is -3.16. The zero-order chi connectivity index (χ0) is 21.1. The molecule has 154 valence electrons. The number of carbonyl (C=O) groups is 1. The van der Waals surface area contributed by atoms with Crippen LogP contribution in [-0.2, 0) is 4.74 Å². The van der Waals surface area contributed by atoms with Crippen LogP contribution in [0.15, 0.2) is 64.8 Å². The van der Waals surface area contributed by atoms with E-state index in [2.05, 4.69) is 15.5 Å². The highest BCUT2D eigenvalue weighted by Gasteiger charge is 2.35. The van der Waals surface area contributed by atoms with Gasteiger partial charge < -0.3 is 14.6 Å². The molecule has 1 atom stereocenters. The van der Waals surface area contributed by atoms with Crippen molar-refractivity contribution in [3.8, 4) is 11.4 Å². The van der Waals surface area contributed by atoms with Crippen molar-refractivity contribution in [3.05, 3.63) is 76.8 Å². The lowest BCUT2D eigenvalue weighted by molar-refractivity contribution is 0.158. The van der Waals surface area contributed by atoms with Crippen molar-refractivity contribution in [1.82, 2.24) is 20.4 Å². The van der Waals surface area contributed by atoms with Crippen molar-refractivity contribution >= 4 is 23.2 Å². The van der Waals surface area contributed by atoms with Gasteiger partial charge in [0.1, 0.15) is 0 Å². The summed E-state index contributed by atoms with van der Waals surface area (Å²) < 4.78 is 10.8. The molecule has 0 bridgehead atoms. The number of nitrogens with zero attached hydrogens (tertiary/aromatic N) is 3. The molecule has 0 radical (unpaired) electrons. The van der Waals surface area contributed by atoms with Crippen molar-refractivity contribution in [2.75, 3.05) is 20.3 Å². The normalized spacial score (nSPS) is 16.7. The molecule has 7 nitrogen and oxygen atoms in total. The molecule has 0 saturated heterocycles. The topological polar surface area (TPSA) is 80.5 Å². The van der Waals surface area contributed by atoms with Gasteiger partial charge in [0.15, 0.2) is 0 Å². The number of urea groups is 1. The Morgan fingerprint density at radius 2 is 2.00 bits per heavy atom. The maximum absolute atomic E-state index is 12.8. The van der Waals surface area contributed by atoms with Crippen LogP contribution in [0, 0.1) is 0 Å². The first-order valence-corrected chi connectivity index (χ1v) is 9.89. The molecule has 2 aromatic carbocycles. The first-order valence-electron chi connectivity index (χ1n) is 9.51. The number of allylic oxidation sites excluding steroid dienone is 1.